The Labute approximate surface area is 165 Å². The van der Waals surface area contributed by atoms with Crippen LogP contribution in [0.3, 0.4) is 0 Å². The average Bonchev–Trinajstić information content (AvgIpc) is 3.01. The van der Waals surface area contributed by atoms with Crippen LogP contribution in [0.2, 0.25) is 0 Å². The minimum Gasteiger partial charge on any atom is -0.443 e. The molecule has 1 heterocycles. The maximum atomic E-state index is 12.9. The number of halogens is 2. The normalized spacial score (nSPS) is 11.8. The zero-order valence-corrected chi connectivity index (χ0v) is 17.4. The van der Waals surface area contributed by atoms with Crippen molar-refractivity contribution in [3.63, 3.8) is 0 Å². The SMILES string of the molecule is CCNC(=NCc1ccc(F)cc1)NCc1ncc(C(C)(C)C)o1.I. The lowest BCUT2D eigenvalue weighted by atomic mass is 9.94. The van der Waals surface area contributed by atoms with Gasteiger partial charge in [-0.1, -0.05) is 32.9 Å². The standard InChI is InChI=1S/C18H25FN4O.HI/c1-5-20-17(22-10-13-6-8-14(19)9-7-13)23-12-16-21-11-15(24-16)18(2,3)4;/h6-9,11H,5,10,12H2,1-4H3,(H2,20,22,23);1H. The summed E-state index contributed by atoms with van der Waals surface area (Å²) >= 11 is 0. The molecule has 0 aliphatic carbocycles. The number of oxazole rings is 1. The van der Waals surface area contributed by atoms with E-state index >= 15 is 0 Å². The number of aliphatic imine (C=N–C) groups is 1. The molecular weight excluding hydrogens is 434 g/mol. The van der Waals surface area contributed by atoms with E-state index in [0.29, 0.717) is 24.9 Å². The van der Waals surface area contributed by atoms with E-state index in [1.165, 1.54) is 12.1 Å². The fraction of sp³-hybridized carbons (Fsp3) is 0.444. The van der Waals surface area contributed by atoms with Crippen LogP contribution in [0, 0.1) is 5.82 Å². The number of rotatable bonds is 5. The van der Waals surface area contributed by atoms with Crippen LogP contribution >= 0.6 is 24.0 Å². The van der Waals surface area contributed by atoms with Gasteiger partial charge in [0.15, 0.2) is 5.96 Å². The molecule has 1 aromatic carbocycles. The van der Waals surface area contributed by atoms with E-state index in [1.54, 1.807) is 18.3 Å². The Morgan fingerprint density at radius 3 is 2.44 bits per heavy atom. The number of hydrogen-bond acceptors (Lipinski definition) is 3. The highest BCUT2D eigenvalue weighted by Crippen LogP contribution is 2.22. The third kappa shape index (κ3) is 7.01. The molecule has 0 saturated carbocycles. The number of hydrogen-bond donors (Lipinski definition) is 2. The van der Waals surface area contributed by atoms with Crippen molar-refractivity contribution in [1.82, 2.24) is 15.6 Å². The highest BCUT2D eigenvalue weighted by atomic mass is 127. The van der Waals surface area contributed by atoms with E-state index in [-0.39, 0.29) is 35.2 Å². The topological polar surface area (TPSA) is 62.5 Å². The van der Waals surface area contributed by atoms with Gasteiger partial charge < -0.3 is 15.1 Å². The van der Waals surface area contributed by atoms with Crippen LogP contribution in [0.1, 0.15) is 44.9 Å². The summed E-state index contributed by atoms with van der Waals surface area (Å²) in [6.45, 7) is 9.91. The maximum absolute atomic E-state index is 12.9. The Hall–Kier alpha value is -1.64. The lowest BCUT2D eigenvalue weighted by Crippen LogP contribution is -2.36. The van der Waals surface area contributed by atoms with Gasteiger partial charge in [-0.05, 0) is 24.6 Å². The largest absolute Gasteiger partial charge is 0.443 e. The number of nitrogens with zero attached hydrogens (tertiary/aromatic N) is 2. The summed E-state index contributed by atoms with van der Waals surface area (Å²) in [7, 11) is 0. The number of nitrogens with one attached hydrogen (secondary N) is 2. The second-order valence-corrected chi connectivity index (χ2v) is 6.54. The van der Waals surface area contributed by atoms with Crippen molar-refractivity contribution in [2.75, 3.05) is 6.54 Å². The third-order valence-electron chi connectivity index (χ3n) is 3.38. The Kier molecular flexibility index (Phi) is 8.34. The molecule has 2 rings (SSSR count). The third-order valence-corrected chi connectivity index (χ3v) is 3.38. The minimum atomic E-state index is -0.244. The van der Waals surface area contributed by atoms with E-state index < -0.39 is 0 Å². The maximum Gasteiger partial charge on any atom is 0.213 e. The van der Waals surface area contributed by atoms with Crippen LogP contribution in [-0.2, 0) is 18.5 Å². The first kappa shape index (κ1) is 21.4. The van der Waals surface area contributed by atoms with Crippen molar-refractivity contribution in [2.24, 2.45) is 4.99 Å². The van der Waals surface area contributed by atoms with Gasteiger partial charge in [0, 0.05) is 12.0 Å². The van der Waals surface area contributed by atoms with Crippen molar-refractivity contribution in [3.8, 4) is 0 Å². The molecule has 0 unspecified atom stereocenters. The Balaban J connectivity index is 0.00000312. The van der Waals surface area contributed by atoms with Gasteiger partial charge in [0.05, 0.1) is 19.3 Å². The van der Waals surface area contributed by atoms with E-state index in [9.17, 15) is 4.39 Å². The molecule has 0 aliphatic rings. The Bertz CT molecular complexity index is 677. The molecule has 0 radical (unpaired) electrons. The number of benzene rings is 1. The lowest BCUT2D eigenvalue weighted by molar-refractivity contribution is 0.379. The van der Waals surface area contributed by atoms with Crippen LogP contribution in [0.15, 0.2) is 39.9 Å². The molecule has 7 heteroatoms. The lowest BCUT2D eigenvalue weighted by Gasteiger charge is -2.13. The van der Waals surface area contributed by atoms with Crippen molar-refractivity contribution in [1.29, 1.82) is 0 Å². The molecular formula is C18H26FIN4O. The Morgan fingerprint density at radius 1 is 1.20 bits per heavy atom. The molecule has 0 fully saturated rings. The fourth-order valence-electron chi connectivity index (χ4n) is 2.00. The van der Waals surface area contributed by atoms with Crippen LogP contribution in [0.4, 0.5) is 4.39 Å². The summed E-state index contributed by atoms with van der Waals surface area (Å²) in [6.07, 6.45) is 1.76. The summed E-state index contributed by atoms with van der Waals surface area (Å²) in [6, 6.07) is 6.33. The van der Waals surface area contributed by atoms with Gasteiger partial charge in [-0.15, -0.1) is 24.0 Å². The molecule has 0 spiro atoms. The molecule has 0 amide bonds. The molecule has 25 heavy (non-hydrogen) atoms. The van der Waals surface area contributed by atoms with Gasteiger partial charge in [0.25, 0.3) is 0 Å². The van der Waals surface area contributed by atoms with Crippen LogP contribution in [0.25, 0.3) is 0 Å². The summed E-state index contributed by atoms with van der Waals surface area (Å²) in [5.41, 5.74) is 0.881. The van der Waals surface area contributed by atoms with Gasteiger partial charge in [0.1, 0.15) is 11.6 Å². The molecule has 0 atom stereocenters. The fourth-order valence-corrected chi connectivity index (χ4v) is 2.00. The van der Waals surface area contributed by atoms with Gasteiger partial charge in [0.2, 0.25) is 5.89 Å². The first-order chi connectivity index (χ1) is 11.4. The van der Waals surface area contributed by atoms with Gasteiger partial charge in [-0.2, -0.15) is 0 Å². The summed E-state index contributed by atoms with van der Waals surface area (Å²) in [5.74, 6) is 1.89. The zero-order valence-electron chi connectivity index (χ0n) is 15.1. The van der Waals surface area contributed by atoms with E-state index in [2.05, 4.69) is 41.4 Å². The van der Waals surface area contributed by atoms with E-state index in [0.717, 1.165) is 17.9 Å². The van der Waals surface area contributed by atoms with Gasteiger partial charge in [-0.25, -0.2) is 14.4 Å². The van der Waals surface area contributed by atoms with Crippen LogP contribution < -0.4 is 10.6 Å². The molecule has 0 saturated heterocycles. The molecule has 5 nitrogen and oxygen atoms in total. The Morgan fingerprint density at radius 2 is 1.88 bits per heavy atom. The first-order valence-electron chi connectivity index (χ1n) is 8.10. The van der Waals surface area contributed by atoms with Gasteiger partial charge >= 0.3 is 0 Å². The smallest absolute Gasteiger partial charge is 0.213 e. The van der Waals surface area contributed by atoms with Crippen molar-refractivity contribution < 1.29 is 8.81 Å². The zero-order chi connectivity index (χ0) is 17.6. The van der Waals surface area contributed by atoms with Crippen molar-refractivity contribution in [2.45, 2.75) is 46.2 Å². The molecule has 2 N–H and O–H groups in total. The average molecular weight is 460 g/mol. The second-order valence-electron chi connectivity index (χ2n) is 6.54. The first-order valence-corrected chi connectivity index (χ1v) is 8.10. The summed E-state index contributed by atoms with van der Waals surface area (Å²) in [5, 5.41) is 6.36. The molecule has 0 bridgehead atoms. The monoisotopic (exact) mass is 460 g/mol. The van der Waals surface area contributed by atoms with E-state index in [4.69, 9.17) is 4.42 Å². The molecule has 2 aromatic rings. The molecule has 0 aliphatic heterocycles. The summed E-state index contributed by atoms with van der Waals surface area (Å²) in [4.78, 5) is 8.78. The number of aromatic nitrogens is 1. The molecule has 138 valence electrons. The second kappa shape index (κ2) is 9.74. The summed E-state index contributed by atoms with van der Waals surface area (Å²) < 4.78 is 18.7. The minimum absolute atomic E-state index is 0. The molecule has 1 aromatic heterocycles. The van der Waals surface area contributed by atoms with Crippen molar-refractivity contribution in [3.05, 3.63) is 53.5 Å². The highest BCUT2D eigenvalue weighted by molar-refractivity contribution is 14.0. The quantitative estimate of drug-likeness (QED) is 0.403. The van der Waals surface area contributed by atoms with E-state index in [1.807, 2.05) is 6.92 Å². The van der Waals surface area contributed by atoms with Crippen LogP contribution in [-0.4, -0.2) is 17.5 Å². The van der Waals surface area contributed by atoms with Crippen molar-refractivity contribution >= 4 is 29.9 Å². The van der Waals surface area contributed by atoms with Crippen LogP contribution in [0.5, 0.6) is 0 Å². The predicted molar refractivity (Wildman–Crippen MR) is 109 cm³/mol. The number of guanidine groups is 1. The predicted octanol–water partition coefficient (Wildman–Crippen LogP) is 3.98. The van der Waals surface area contributed by atoms with Gasteiger partial charge in [-0.3, -0.25) is 0 Å². The highest BCUT2D eigenvalue weighted by Gasteiger charge is 2.19.